The van der Waals surface area contributed by atoms with Gasteiger partial charge in [0, 0.05) is 18.7 Å². The molecular weight excluding hydrogens is 381 g/mol. The minimum Gasteiger partial charge on any atom is -0.383 e. The molecule has 1 heterocycles. The van der Waals surface area contributed by atoms with E-state index in [4.69, 9.17) is 40.2 Å². The quantitative estimate of drug-likeness (QED) is 0.324. The average molecular weight is 400 g/mol. The van der Waals surface area contributed by atoms with E-state index in [1.165, 1.54) is 0 Å². The van der Waals surface area contributed by atoms with Crippen LogP contribution in [0.25, 0.3) is 0 Å². The van der Waals surface area contributed by atoms with Crippen molar-refractivity contribution in [2.45, 2.75) is 13.5 Å². The monoisotopic (exact) mass is 399 g/mol. The molecule has 2 aromatic rings. The van der Waals surface area contributed by atoms with Gasteiger partial charge >= 0.3 is 0 Å². The number of ether oxygens (including phenoxy) is 1. The van der Waals surface area contributed by atoms with Crippen LogP contribution < -0.4 is 10.7 Å². The van der Waals surface area contributed by atoms with Crippen LogP contribution in [0.1, 0.15) is 16.8 Å². The molecule has 0 amide bonds. The Bertz CT molecular complexity index is 746. The van der Waals surface area contributed by atoms with E-state index in [0.29, 0.717) is 35.0 Å². The number of aromatic nitrogens is 2. The van der Waals surface area contributed by atoms with Crippen molar-refractivity contribution in [3.05, 3.63) is 51.3 Å². The van der Waals surface area contributed by atoms with E-state index >= 15 is 0 Å². The van der Waals surface area contributed by atoms with Gasteiger partial charge in [0.15, 0.2) is 5.11 Å². The van der Waals surface area contributed by atoms with E-state index in [-0.39, 0.29) is 0 Å². The van der Waals surface area contributed by atoms with Crippen LogP contribution in [0.3, 0.4) is 0 Å². The fourth-order valence-corrected chi connectivity index (χ4v) is 2.61. The van der Waals surface area contributed by atoms with Gasteiger partial charge in [-0.15, -0.1) is 0 Å². The molecule has 0 spiro atoms. The Morgan fingerprint density at radius 3 is 2.76 bits per heavy atom. The number of nitrogens with zero attached hydrogens (tertiary/aromatic N) is 3. The molecule has 1 aromatic carbocycles. The highest BCUT2D eigenvalue weighted by Gasteiger charge is 2.12. The van der Waals surface area contributed by atoms with Gasteiger partial charge in [-0.3, -0.25) is 5.43 Å². The number of hydrogen-bond donors (Lipinski definition) is 2. The molecule has 0 aliphatic rings. The van der Waals surface area contributed by atoms with Crippen LogP contribution in [0.4, 0.5) is 0 Å². The van der Waals surface area contributed by atoms with Crippen LogP contribution >= 0.6 is 35.4 Å². The van der Waals surface area contributed by atoms with Gasteiger partial charge in [0.1, 0.15) is 5.15 Å². The number of methoxy groups -OCH3 is 1. The number of halogens is 2. The van der Waals surface area contributed by atoms with Crippen LogP contribution in [-0.4, -0.2) is 41.4 Å². The van der Waals surface area contributed by atoms with E-state index in [1.54, 1.807) is 18.0 Å². The van der Waals surface area contributed by atoms with Gasteiger partial charge in [-0.25, -0.2) is 4.68 Å². The molecule has 0 unspecified atom stereocenters. The molecule has 0 saturated heterocycles. The van der Waals surface area contributed by atoms with Gasteiger partial charge in [-0.2, -0.15) is 10.2 Å². The van der Waals surface area contributed by atoms with Crippen molar-refractivity contribution in [2.24, 2.45) is 5.10 Å². The van der Waals surface area contributed by atoms with Crippen molar-refractivity contribution >= 4 is 46.7 Å². The van der Waals surface area contributed by atoms with Crippen molar-refractivity contribution < 1.29 is 4.74 Å². The van der Waals surface area contributed by atoms with Crippen LogP contribution in [0.5, 0.6) is 0 Å². The first kappa shape index (κ1) is 19.7. The maximum atomic E-state index is 6.42. The fraction of sp³-hybridized carbons (Fsp3) is 0.312. The zero-order valence-electron chi connectivity index (χ0n) is 13.9. The van der Waals surface area contributed by atoms with Gasteiger partial charge in [0.05, 0.1) is 30.6 Å². The largest absolute Gasteiger partial charge is 0.383 e. The van der Waals surface area contributed by atoms with Crippen molar-refractivity contribution in [3.63, 3.8) is 0 Å². The highest BCUT2D eigenvalue weighted by Crippen LogP contribution is 2.19. The normalized spacial score (nSPS) is 11.0. The number of nitrogens with one attached hydrogen (secondary N) is 2. The van der Waals surface area contributed by atoms with E-state index in [1.807, 2.05) is 31.2 Å². The molecule has 2 N–H and O–H groups in total. The first-order chi connectivity index (χ1) is 12.0. The second-order valence-corrected chi connectivity index (χ2v) is 6.40. The molecule has 0 aliphatic carbocycles. The molecule has 0 aliphatic heterocycles. The zero-order chi connectivity index (χ0) is 18.2. The SMILES string of the molecule is COCCNC(=S)N/N=C/c1c(C)nn(Cc2ccc(Cl)cc2)c1Cl. The molecule has 134 valence electrons. The van der Waals surface area contributed by atoms with Crippen LogP contribution in [0.2, 0.25) is 10.2 Å². The second-order valence-electron chi connectivity index (χ2n) is 5.19. The summed E-state index contributed by atoms with van der Waals surface area (Å²) in [5, 5.41) is 13.1. The van der Waals surface area contributed by atoms with Crippen molar-refractivity contribution in [3.8, 4) is 0 Å². The summed E-state index contributed by atoms with van der Waals surface area (Å²) >= 11 is 17.4. The average Bonchev–Trinajstić information content (AvgIpc) is 2.84. The Balaban J connectivity index is 2.00. The van der Waals surface area contributed by atoms with Crippen molar-refractivity contribution in [2.75, 3.05) is 20.3 Å². The maximum Gasteiger partial charge on any atom is 0.187 e. The molecule has 2 rings (SSSR count). The lowest BCUT2D eigenvalue weighted by Crippen LogP contribution is -2.34. The van der Waals surface area contributed by atoms with E-state index in [9.17, 15) is 0 Å². The molecule has 9 heteroatoms. The predicted molar refractivity (Wildman–Crippen MR) is 106 cm³/mol. The summed E-state index contributed by atoms with van der Waals surface area (Å²) in [4.78, 5) is 0. The number of aryl methyl sites for hydroxylation is 1. The highest BCUT2D eigenvalue weighted by molar-refractivity contribution is 7.80. The summed E-state index contributed by atoms with van der Waals surface area (Å²) in [5.41, 5.74) is 5.31. The minimum atomic E-state index is 0.413. The number of hydrogen-bond acceptors (Lipinski definition) is 4. The molecular formula is C16H19Cl2N5OS. The first-order valence-electron chi connectivity index (χ1n) is 7.54. The van der Waals surface area contributed by atoms with Gasteiger partial charge in [0.25, 0.3) is 0 Å². The second kappa shape index (κ2) is 9.72. The summed E-state index contributed by atoms with van der Waals surface area (Å²) in [7, 11) is 1.63. The first-order valence-corrected chi connectivity index (χ1v) is 8.71. The molecule has 0 atom stereocenters. The van der Waals surface area contributed by atoms with Crippen molar-refractivity contribution in [1.29, 1.82) is 0 Å². The Morgan fingerprint density at radius 2 is 2.08 bits per heavy atom. The van der Waals surface area contributed by atoms with Crippen LogP contribution in [-0.2, 0) is 11.3 Å². The van der Waals surface area contributed by atoms with Crippen LogP contribution in [0.15, 0.2) is 29.4 Å². The van der Waals surface area contributed by atoms with E-state index < -0.39 is 0 Å². The number of thiocarbonyl (C=S) groups is 1. The third kappa shape index (κ3) is 5.97. The molecule has 0 saturated carbocycles. The Morgan fingerprint density at radius 1 is 1.36 bits per heavy atom. The molecule has 0 fully saturated rings. The van der Waals surface area contributed by atoms with Crippen molar-refractivity contribution in [1.82, 2.24) is 20.5 Å². The van der Waals surface area contributed by atoms with Crippen LogP contribution in [0, 0.1) is 6.92 Å². The lowest BCUT2D eigenvalue weighted by Gasteiger charge is -2.05. The smallest absolute Gasteiger partial charge is 0.187 e. The zero-order valence-corrected chi connectivity index (χ0v) is 16.3. The van der Waals surface area contributed by atoms with E-state index in [2.05, 4.69) is 20.9 Å². The minimum absolute atomic E-state index is 0.413. The lowest BCUT2D eigenvalue weighted by molar-refractivity contribution is 0.204. The van der Waals surface area contributed by atoms with Gasteiger partial charge in [-0.05, 0) is 36.8 Å². The Labute approximate surface area is 162 Å². The van der Waals surface area contributed by atoms with Gasteiger partial charge in [0.2, 0.25) is 0 Å². The predicted octanol–water partition coefficient (Wildman–Crippen LogP) is 2.99. The molecule has 1 aromatic heterocycles. The van der Waals surface area contributed by atoms with E-state index in [0.717, 1.165) is 16.8 Å². The maximum absolute atomic E-state index is 6.42. The fourth-order valence-electron chi connectivity index (χ4n) is 2.04. The lowest BCUT2D eigenvalue weighted by atomic mass is 10.2. The third-order valence-corrected chi connectivity index (χ3v) is 4.19. The number of hydrazone groups is 1. The van der Waals surface area contributed by atoms with Gasteiger partial charge in [-0.1, -0.05) is 35.3 Å². The highest BCUT2D eigenvalue weighted by atomic mass is 35.5. The topological polar surface area (TPSA) is 63.5 Å². The number of rotatable bonds is 7. The van der Waals surface area contributed by atoms with Gasteiger partial charge < -0.3 is 10.1 Å². The summed E-state index contributed by atoms with van der Waals surface area (Å²) in [6, 6.07) is 7.56. The standard InChI is InChI=1S/C16H19Cl2N5OS/c1-11-14(9-20-21-16(25)19-7-8-24-2)15(18)23(22-11)10-12-3-5-13(17)6-4-12/h3-6,9H,7-8,10H2,1-2H3,(H2,19,21,25)/b20-9+. The summed E-state index contributed by atoms with van der Waals surface area (Å²) in [6.45, 7) is 3.60. The number of benzene rings is 1. The Hall–Kier alpha value is -1.67. The molecule has 0 radical (unpaired) electrons. The molecule has 6 nitrogen and oxygen atoms in total. The summed E-state index contributed by atoms with van der Waals surface area (Å²) in [5.74, 6) is 0. The summed E-state index contributed by atoms with van der Waals surface area (Å²) in [6.07, 6.45) is 1.60. The molecule has 0 bridgehead atoms. The Kier molecular flexibility index (Phi) is 7.64. The third-order valence-electron chi connectivity index (χ3n) is 3.31. The summed E-state index contributed by atoms with van der Waals surface area (Å²) < 4.78 is 6.65. The molecule has 25 heavy (non-hydrogen) atoms.